The van der Waals surface area contributed by atoms with Crippen LogP contribution in [0.5, 0.6) is 0 Å². The van der Waals surface area contributed by atoms with Crippen LogP contribution in [-0.2, 0) is 0 Å². The fourth-order valence-electron chi connectivity index (χ4n) is 0.482. The summed E-state index contributed by atoms with van der Waals surface area (Å²) in [6, 6.07) is 0. The quantitative estimate of drug-likeness (QED) is 0.409. The molecule has 14 heavy (non-hydrogen) atoms. The Morgan fingerprint density at radius 3 is 0.714 bits per heavy atom. The van der Waals surface area contributed by atoms with E-state index in [1.54, 1.807) is 0 Å². The van der Waals surface area contributed by atoms with Crippen molar-refractivity contribution in [2.45, 2.75) is 15.7 Å². The molecule has 86 valence electrons. The van der Waals surface area contributed by atoms with Crippen LogP contribution in [0.3, 0.4) is 0 Å². The zero-order chi connectivity index (χ0) is 12.0. The van der Waals surface area contributed by atoms with E-state index in [2.05, 4.69) is 0 Å². The Balaban J connectivity index is 5.54. The Labute approximate surface area is 76.7 Å². The standard InChI is InChI=1S/3CF3.CH3.Pb/c3*2-1(3)4;;/h;;;1H3;. The van der Waals surface area contributed by atoms with Crippen molar-refractivity contribution in [2.24, 2.45) is 0 Å². The Hall–Kier alpha value is 0.292. The molecule has 0 bridgehead atoms. The van der Waals surface area contributed by atoms with Gasteiger partial charge in [-0.2, -0.15) is 0 Å². The van der Waals surface area contributed by atoms with Crippen molar-refractivity contribution in [1.82, 2.24) is 0 Å². The third kappa shape index (κ3) is 2.10. The SMILES string of the molecule is [CH3][Pb]([C](F)(F)F)([C](F)(F)F)[C](F)(F)F. The van der Waals surface area contributed by atoms with E-state index in [0.29, 0.717) is 0 Å². The summed E-state index contributed by atoms with van der Waals surface area (Å²) in [6.07, 6.45) is 0. The van der Waals surface area contributed by atoms with E-state index in [4.69, 9.17) is 0 Å². The third-order valence-electron chi connectivity index (χ3n) is 1.70. The second kappa shape index (κ2) is 3.40. The van der Waals surface area contributed by atoms with Crippen LogP contribution in [0.2, 0.25) is 4.48 Å². The number of halogens is 9. The van der Waals surface area contributed by atoms with Gasteiger partial charge >= 0.3 is 76.4 Å². The molecule has 0 aromatic rings. The molecule has 0 amide bonds. The first kappa shape index (κ1) is 14.3. The van der Waals surface area contributed by atoms with Gasteiger partial charge in [-0.25, -0.2) is 0 Å². The van der Waals surface area contributed by atoms with Gasteiger partial charge in [-0.1, -0.05) is 0 Å². The second-order valence-electron chi connectivity index (χ2n) is 2.62. The molecule has 10 heteroatoms. The zero-order valence-electron chi connectivity index (χ0n) is 6.40. The van der Waals surface area contributed by atoms with E-state index >= 15 is 0 Å². The molecule has 0 fully saturated rings. The predicted octanol–water partition coefficient (Wildman–Crippen LogP) is 3.37. The molecule has 0 aromatic heterocycles. The van der Waals surface area contributed by atoms with Gasteiger partial charge in [-0.15, -0.1) is 0 Å². The average Bonchev–Trinajstić information content (AvgIpc) is 1.77. The van der Waals surface area contributed by atoms with E-state index in [9.17, 15) is 39.5 Å². The van der Waals surface area contributed by atoms with Crippen LogP contribution in [0.15, 0.2) is 0 Å². The van der Waals surface area contributed by atoms with Crippen molar-refractivity contribution in [3.05, 3.63) is 0 Å². The molecule has 0 N–H and O–H groups in total. The summed E-state index contributed by atoms with van der Waals surface area (Å²) in [5.41, 5.74) is 0. The van der Waals surface area contributed by atoms with E-state index in [1.807, 2.05) is 0 Å². The van der Waals surface area contributed by atoms with Gasteiger partial charge in [0.05, 0.1) is 0 Å². The van der Waals surface area contributed by atoms with Gasteiger partial charge in [0.15, 0.2) is 0 Å². The molecule has 0 unspecified atom stereocenters. The monoisotopic (exact) mass is 430 g/mol. The van der Waals surface area contributed by atoms with Gasteiger partial charge in [0.25, 0.3) is 0 Å². The fourth-order valence-corrected chi connectivity index (χ4v) is 4.23. The number of alkyl halides is 9. The molecule has 0 atom stereocenters. The molecule has 0 saturated carbocycles. The second-order valence-corrected chi connectivity index (χ2v) is 18.0. The Morgan fingerprint density at radius 1 is 0.571 bits per heavy atom. The Morgan fingerprint density at radius 2 is 0.714 bits per heavy atom. The van der Waals surface area contributed by atoms with Gasteiger partial charge in [0, 0.05) is 0 Å². The molecular formula is C4H3F9Pb. The molecular weight excluding hydrogens is 426 g/mol. The first-order valence-electron chi connectivity index (χ1n) is 2.95. The topological polar surface area (TPSA) is 0 Å². The van der Waals surface area contributed by atoms with Crippen molar-refractivity contribution in [1.29, 1.82) is 0 Å². The molecule has 0 aliphatic carbocycles. The fraction of sp³-hybridized carbons (Fsp3) is 1.00. The van der Waals surface area contributed by atoms with Gasteiger partial charge in [-0.3, -0.25) is 0 Å². The van der Waals surface area contributed by atoms with Crippen LogP contribution in [0.1, 0.15) is 0 Å². The summed E-state index contributed by atoms with van der Waals surface area (Å²) >= 11 is -8.35. The van der Waals surface area contributed by atoms with E-state index < -0.39 is 36.9 Å². The maximum absolute atomic E-state index is 11.8. The van der Waals surface area contributed by atoms with Gasteiger partial charge in [0.2, 0.25) is 0 Å². The average molecular weight is 429 g/mol. The minimum absolute atomic E-state index is 0.715. The first-order chi connectivity index (χ1) is 5.75. The van der Waals surface area contributed by atoms with E-state index in [1.165, 1.54) is 0 Å². The normalized spacial score (nSPS) is 15.9. The van der Waals surface area contributed by atoms with Crippen LogP contribution in [0.25, 0.3) is 0 Å². The van der Waals surface area contributed by atoms with Crippen LogP contribution in [-0.4, -0.2) is 32.4 Å². The molecule has 0 rings (SSSR count). The summed E-state index contributed by atoms with van der Waals surface area (Å²) in [5.74, 6) is 0. The summed E-state index contributed by atoms with van der Waals surface area (Å²) in [4.78, 5) is 0. The number of rotatable bonds is 0. The van der Waals surface area contributed by atoms with Crippen molar-refractivity contribution in [3.63, 3.8) is 0 Å². The van der Waals surface area contributed by atoms with Crippen LogP contribution in [0.4, 0.5) is 39.5 Å². The molecule has 0 aliphatic heterocycles. The van der Waals surface area contributed by atoms with Crippen molar-refractivity contribution in [2.75, 3.05) is 0 Å². The van der Waals surface area contributed by atoms with Crippen LogP contribution >= 0.6 is 0 Å². The van der Waals surface area contributed by atoms with Crippen molar-refractivity contribution < 1.29 is 39.5 Å². The Kier molecular flexibility index (Phi) is 3.47. The molecule has 0 spiro atoms. The molecule has 0 nitrogen and oxygen atoms in total. The van der Waals surface area contributed by atoms with Crippen LogP contribution < -0.4 is 0 Å². The number of hydrogen-bond acceptors (Lipinski definition) is 0. The predicted molar refractivity (Wildman–Crippen MR) is 29.8 cm³/mol. The Bertz CT molecular complexity index is 170. The molecule has 0 aromatic carbocycles. The van der Waals surface area contributed by atoms with Gasteiger partial charge in [0.1, 0.15) is 0 Å². The van der Waals surface area contributed by atoms with Crippen LogP contribution in [0, 0.1) is 0 Å². The summed E-state index contributed by atoms with van der Waals surface area (Å²) in [6.45, 7) is 0. The first-order valence-corrected chi connectivity index (χ1v) is 12.7. The van der Waals surface area contributed by atoms with E-state index in [0.717, 1.165) is 0 Å². The summed E-state index contributed by atoms with van der Waals surface area (Å²) in [7, 11) is 0. The van der Waals surface area contributed by atoms with E-state index in [-0.39, 0.29) is 0 Å². The maximum atomic E-state index is 11.8. The summed E-state index contributed by atoms with van der Waals surface area (Å²) in [5, 5.41) is 0. The minimum atomic E-state index is -8.35. The zero-order valence-corrected chi connectivity index (χ0v) is 10.3. The van der Waals surface area contributed by atoms with Crippen molar-refractivity contribution in [3.8, 4) is 0 Å². The third-order valence-corrected chi connectivity index (χ3v) is 14.9. The molecule has 0 aliphatic rings. The van der Waals surface area contributed by atoms with Crippen molar-refractivity contribution >= 4 is 21.2 Å². The molecule has 0 heterocycles. The number of hydrogen-bond donors (Lipinski definition) is 0. The van der Waals surface area contributed by atoms with Gasteiger partial charge in [-0.05, 0) is 0 Å². The molecule has 0 radical (unpaired) electrons. The van der Waals surface area contributed by atoms with Gasteiger partial charge < -0.3 is 0 Å². The summed E-state index contributed by atoms with van der Waals surface area (Å²) < 4.78 is 86.5. The molecule has 0 saturated heterocycles.